The summed E-state index contributed by atoms with van der Waals surface area (Å²) in [5, 5.41) is 11.8. The average molecular weight is 405 g/mol. The molecule has 1 amide bonds. The van der Waals surface area contributed by atoms with Crippen molar-refractivity contribution in [3.63, 3.8) is 0 Å². The second-order valence-corrected chi connectivity index (χ2v) is 8.09. The molecule has 1 atom stereocenters. The van der Waals surface area contributed by atoms with Crippen molar-refractivity contribution in [3.05, 3.63) is 76.6 Å². The maximum absolute atomic E-state index is 12.5. The molecule has 2 aromatic heterocycles. The number of rotatable bonds is 5. The number of fused-ring (bicyclic) bond motifs is 1. The highest BCUT2D eigenvalue weighted by molar-refractivity contribution is 5.93. The van der Waals surface area contributed by atoms with Gasteiger partial charge in [-0.25, -0.2) is 0 Å². The summed E-state index contributed by atoms with van der Waals surface area (Å²) in [6.45, 7) is 9.86. The molecule has 0 spiro atoms. The van der Waals surface area contributed by atoms with E-state index in [0.29, 0.717) is 5.56 Å². The van der Waals surface area contributed by atoms with E-state index in [-0.39, 0.29) is 11.9 Å². The second-order valence-electron chi connectivity index (χ2n) is 8.09. The number of benzene rings is 1. The third-order valence-corrected chi connectivity index (χ3v) is 5.49. The first-order valence-corrected chi connectivity index (χ1v) is 10.4. The first-order chi connectivity index (χ1) is 14.5. The lowest BCUT2D eigenvalue weighted by molar-refractivity contribution is 0.0937. The molecule has 7 nitrogen and oxygen atoms in total. The predicted octanol–water partition coefficient (Wildman–Crippen LogP) is 2.84. The fraction of sp³-hybridized carbons (Fsp3) is 0.391. The van der Waals surface area contributed by atoms with Gasteiger partial charge in [0.15, 0.2) is 5.82 Å². The Kier molecular flexibility index (Phi) is 5.90. The Morgan fingerprint density at radius 2 is 1.93 bits per heavy atom. The monoisotopic (exact) mass is 404 g/mol. The summed E-state index contributed by atoms with van der Waals surface area (Å²) < 4.78 is 2.16. The molecule has 0 radical (unpaired) electrons. The van der Waals surface area contributed by atoms with E-state index >= 15 is 0 Å². The number of carbonyl (C=O) groups excluding carboxylic acids is 1. The molecule has 0 aliphatic carbocycles. The van der Waals surface area contributed by atoms with Crippen LogP contribution in [0.1, 0.15) is 51.7 Å². The maximum atomic E-state index is 12.5. The minimum atomic E-state index is -0.232. The Morgan fingerprint density at radius 1 is 1.13 bits per heavy atom. The van der Waals surface area contributed by atoms with E-state index in [1.165, 1.54) is 16.7 Å². The summed E-state index contributed by atoms with van der Waals surface area (Å²) in [6.07, 6.45) is 4.07. The largest absolute Gasteiger partial charge is 0.342 e. The van der Waals surface area contributed by atoms with E-state index in [1.54, 1.807) is 24.5 Å². The van der Waals surface area contributed by atoms with Crippen molar-refractivity contribution in [1.82, 2.24) is 30.0 Å². The molecule has 0 saturated heterocycles. The van der Waals surface area contributed by atoms with Gasteiger partial charge in [-0.15, -0.1) is 10.2 Å². The van der Waals surface area contributed by atoms with Gasteiger partial charge in [0.2, 0.25) is 0 Å². The van der Waals surface area contributed by atoms with Crippen LogP contribution in [0.4, 0.5) is 0 Å². The van der Waals surface area contributed by atoms with E-state index < -0.39 is 0 Å². The van der Waals surface area contributed by atoms with Crippen molar-refractivity contribution < 1.29 is 4.79 Å². The van der Waals surface area contributed by atoms with Crippen molar-refractivity contribution in [1.29, 1.82) is 0 Å². The van der Waals surface area contributed by atoms with Crippen LogP contribution in [0, 0.1) is 13.8 Å². The van der Waals surface area contributed by atoms with E-state index in [0.717, 1.165) is 44.2 Å². The molecule has 3 aromatic rings. The average Bonchev–Trinajstić information content (AvgIpc) is 3.03. The Morgan fingerprint density at radius 3 is 2.67 bits per heavy atom. The molecule has 1 aliphatic rings. The highest BCUT2D eigenvalue weighted by atomic mass is 16.1. The molecule has 4 rings (SSSR count). The van der Waals surface area contributed by atoms with E-state index in [2.05, 4.69) is 62.0 Å². The molecular weight excluding hydrogens is 376 g/mol. The Labute approximate surface area is 177 Å². The van der Waals surface area contributed by atoms with Crippen LogP contribution in [0.5, 0.6) is 0 Å². The molecule has 7 heteroatoms. The molecule has 0 unspecified atom stereocenters. The van der Waals surface area contributed by atoms with Crippen LogP contribution >= 0.6 is 0 Å². The number of hydrogen-bond acceptors (Lipinski definition) is 5. The van der Waals surface area contributed by atoms with Gasteiger partial charge in [0.25, 0.3) is 5.91 Å². The molecule has 1 aliphatic heterocycles. The molecule has 30 heavy (non-hydrogen) atoms. The first kappa shape index (κ1) is 20.2. The van der Waals surface area contributed by atoms with Crippen LogP contribution in [0.3, 0.4) is 0 Å². The van der Waals surface area contributed by atoms with Gasteiger partial charge >= 0.3 is 0 Å². The minimum absolute atomic E-state index is 0.155. The maximum Gasteiger partial charge on any atom is 0.253 e. The smallest absolute Gasteiger partial charge is 0.253 e. The first-order valence-electron chi connectivity index (χ1n) is 10.4. The Bertz CT molecular complexity index is 1010. The fourth-order valence-corrected chi connectivity index (χ4v) is 4.13. The van der Waals surface area contributed by atoms with Crippen molar-refractivity contribution >= 4 is 5.91 Å². The Balaban J connectivity index is 1.43. The number of carbonyl (C=O) groups is 1. The lowest BCUT2D eigenvalue weighted by Crippen LogP contribution is -2.30. The number of nitrogens with zero attached hydrogens (tertiary/aromatic N) is 5. The van der Waals surface area contributed by atoms with Gasteiger partial charge in [0, 0.05) is 45.0 Å². The molecule has 1 aromatic carbocycles. The predicted molar refractivity (Wildman–Crippen MR) is 115 cm³/mol. The van der Waals surface area contributed by atoms with Gasteiger partial charge in [-0.3, -0.25) is 14.7 Å². The zero-order valence-corrected chi connectivity index (χ0v) is 17.8. The molecule has 3 heterocycles. The van der Waals surface area contributed by atoms with Gasteiger partial charge < -0.3 is 9.88 Å². The van der Waals surface area contributed by atoms with Crippen LogP contribution in [0.2, 0.25) is 0 Å². The van der Waals surface area contributed by atoms with Crippen LogP contribution < -0.4 is 5.32 Å². The summed E-state index contributed by atoms with van der Waals surface area (Å²) in [5.74, 6) is 1.63. The van der Waals surface area contributed by atoms with Gasteiger partial charge in [-0.2, -0.15) is 0 Å². The summed E-state index contributed by atoms with van der Waals surface area (Å²) in [7, 11) is 0. The highest BCUT2D eigenvalue weighted by Gasteiger charge is 2.23. The molecule has 0 bridgehead atoms. The van der Waals surface area contributed by atoms with Crippen molar-refractivity contribution in [3.8, 4) is 0 Å². The standard InChI is InChI=1S/C23H28N6O/c1-16-11-17(2)13-19(12-16)15-28-8-6-21-26-27-22(29(21)10-9-28)18(3)25-23(30)20-5-4-7-24-14-20/h4-5,7,11-14,18H,6,8-10,15H2,1-3H3,(H,25,30)/t18-/m0/s1. The van der Waals surface area contributed by atoms with E-state index in [4.69, 9.17) is 0 Å². The molecule has 0 saturated carbocycles. The minimum Gasteiger partial charge on any atom is -0.342 e. The summed E-state index contributed by atoms with van der Waals surface area (Å²) >= 11 is 0. The van der Waals surface area contributed by atoms with Crippen LogP contribution in [-0.2, 0) is 19.5 Å². The van der Waals surface area contributed by atoms with E-state index in [9.17, 15) is 4.79 Å². The SMILES string of the molecule is Cc1cc(C)cc(CN2CCc3nnc([C@H](C)NC(=O)c4cccnc4)n3CC2)c1. The third kappa shape index (κ3) is 4.57. The molecule has 0 fully saturated rings. The van der Waals surface area contributed by atoms with Gasteiger partial charge in [-0.05, 0) is 38.5 Å². The summed E-state index contributed by atoms with van der Waals surface area (Å²) in [5.41, 5.74) is 4.50. The van der Waals surface area contributed by atoms with E-state index in [1.807, 2.05) is 6.92 Å². The lowest BCUT2D eigenvalue weighted by atomic mass is 10.1. The summed E-state index contributed by atoms with van der Waals surface area (Å²) in [4.78, 5) is 19.0. The number of pyridine rings is 1. The van der Waals surface area contributed by atoms with Gasteiger partial charge in [0.1, 0.15) is 5.82 Å². The second kappa shape index (κ2) is 8.75. The number of aromatic nitrogens is 4. The summed E-state index contributed by atoms with van der Waals surface area (Å²) in [6, 6.07) is 10.0. The topological polar surface area (TPSA) is 75.9 Å². The van der Waals surface area contributed by atoms with Crippen LogP contribution in [0.25, 0.3) is 0 Å². The Hall–Kier alpha value is -3.06. The molecule has 1 N–H and O–H groups in total. The van der Waals surface area contributed by atoms with Crippen LogP contribution in [0.15, 0.2) is 42.7 Å². The number of nitrogens with one attached hydrogen (secondary N) is 1. The van der Waals surface area contributed by atoms with Crippen LogP contribution in [-0.4, -0.2) is 43.6 Å². The molecular formula is C23H28N6O. The zero-order valence-electron chi connectivity index (χ0n) is 17.8. The normalized spacial score (nSPS) is 15.3. The number of amides is 1. The van der Waals surface area contributed by atoms with Crippen molar-refractivity contribution in [2.75, 3.05) is 13.1 Å². The lowest BCUT2D eigenvalue weighted by Gasteiger charge is -2.20. The van der Waals surface area contributed by atoms with Gasteiger partial charge in [-0.1, -0.05) is 29.3 Å². The third-order valence-electron chi connectivity index (χ3n) is 5.49. The molecule has 156 valence electrons. The van der Waals surface area contributed by atoms with Crippen molar-refractivity contribution in [2.24, 2.45) is 0 Å². The van der Waals surface area contributed by atoms with Gasteiger partial charge in [0.05, 0.1) is 11.6 Å². The number of hydrogen-bond donors (Lipinski definition) is 1. The fourth-order valence-electron chi connectivity index (χ4n) is 4.13. The highest BCUT2D eigenvalue weighted by Crippen LogP contribution is 2.18. The number of aryl methyl sites for hydroxylation is 2. The quantitative estimate of drug-likeness (QED) is 0.708. The zero-order chi connectivity index (χ0) is 21.1. The van der Waals surface area contributed by atoms with Crippen molar-refractivity contribution in [2.45, 2.75) is 46.3 Å².